The van der Waals surface area contributed by atoms with Crippen molar-refractivity contribution < 1.29 is 18.0 Å². The molecular formula is C17H23N3O4S. The largest absolute Gasteiger partial charge is 0.336 e. The van der Waals surface area contributed by atoms with Gasteiger partial charge in [0, 0.05) is 24.2 Å². The second-order valence-electron chi connectivity index (χ2n) is 7.05. The van der Waals surface area contributed by atoms with E-state index in [1.807, 2.05) is 6.92 Å². The van der Waals surface area contributed by atoms with Crippen LogP contribution in [0.4, 0.5) is 0 Å². The van der Waals surface area contributed by atoms with Crippen molar-refractivity contribution in [1.82, 2.24) is 9.21 Å². The second kappa shape index (κ2) is 6.10. The van der Waals surface area contributed by atoms with Crippen LogP contribution in [0.3, 0.4) is 0 Å². The summed E-state index contributed by atoms with van der Waals surface area (Å²) in [5.41, 5.74) is 6.11. The van der Waals surface area contributed by atoms with Gasteiger partial charge in [-0.2, -0.15) is 0 Å². The van der Waals surface area contributed by atoms with Gasteiger partial charge < -0.3 is 10.6 Å². The Morgan fingerprint density at radius 3 is 2.60 bits per heavy atom. The number of carbonyl (C=O) groups excluding carboxylic acids is 2. The molecule has 0 aliphatic carbocycles. The van der Waals surface area contributed by atoms with Gasteiger partial charge in [-0.3, -0.25) is 9.59 Å². The fourth-order valence-corrected chi connectivity index (χ4v) is 5.45. The lowest BCUT2D eigenvalue weighted by molar-refractivity contribution is 0.0742. The molecule has 1 fully saturated rings. The summed E-state index contributed by atoms with van der Waals surface area (Å²) in [4.78, 5) is 26.8. The fraction of sp³-hybridized carbons (Fsp3) is 0.529. The van der Waals surface area contributed by atoms with Gasteiger partial charge in [0.05, 0.1) is 5.56 Å². The van der Waals surface area contributed by atoms with Gasteiger partial charge in [0.1, 0.15) is 4.90 Å². The number of hydrogen-bond acceptors (Lipinski definition) is 5. The first kappa shape index (κ1) is 17.9. The van der Waals surface area contributed by atoms with Crippen LogP contribution in [0.15, 0.2) is 23.1 Å². The Balaban J connectivity index is 1.97. The summed E-state index contributed by atoms with van der Waals surface area (Å²) in [6.07, 6.45) is 0.838. The molecule has 2 atom stereocenters. The molecule has 2 aliphatic rings. The van der Waals surface area contributed by atoms with E-state index < -0.39 is 22.0 Å². The number of benzene rings is 1. The average Bonchev–Trinajstić information content (AvgIpc) is 3.02. The molecule has 0 spiro atoms. The Bertz CT molecular complexity index is 834. The monoisotopic (exact) mass is 365 g/mol. The highest BCUT2D eigenvalue weighted by molar-refractivity contribution is 7.90. The number of amides is 2. The highest BCUT2D eigenvalue weighted by atomic mass is 32.2. The highest BCUT2D eigenvalue weighted by Gasteiger charge is 2.43. The highest BCUT2D eigenvalue weighted by Crippen LogP contribution is 2.33. The van der Waals surface area contributed by atoms with Gasteiger partial charge in [-0.1, -0.05) is 0 Å². The summed E-state index contributed by atoms with van der Waals surface area (Å²) >= 11 is 0. The van der Waals surface area contributed by atoms with Gasteiger partial charge in [0.2, 0.25) is 0 Å². The predicted octanol–water partition coefficient (Wildman–Crippen LogP) is 1.05. The Hall–Kier alpha value is -1.93. The van der Waals surface area contributed by atoms with Crippen molar-refractivity contribution in [2.24, 2.45) is 11.7 Å². The van der Waals surface area contributed by atoms with Crippen molar-refractivity contribution in [2.75, 3.05) is 13.1 Å². The van der Waals surface area contributed by atoms with Crippen LogP contribution in [0.1, 0.15) is 47.9 Å². The van der Waals surface area contributed by atoms with Crippen molar-refractivity contribution in [3.8, 4) is 0 Å². The van der Waals surface area contributed by atoms with Gasteiger partial charge in [-0.05, 0) is 57.9 Å². The molecule has 0 radical (unpaired) electrons. The van der Waals surface area contributed by atoms with Crippen LogP contribution in [-0.2, 0) is 10.0 Å². The molecule has 0 aromatic heterocycles. The number of rotatable bonds is 3. The van der Waals surface area contributed by atoms with Gasteiger partial charge >= 0.3 is 0 Å². The lowest BCUT2D eigenvalue weighted by Gasteiger charge is -2.22. The number of carbonyl (C=O) groups is 2. The zero-order valence-corrected chi connectivity index (χ0v) is 15.4. The van der Waals surface area contributed by atoms with Crippen LogP contribution >= 0.6 is 0 Å². The molecule has 3 rings (SSSR count). The molecule has 136 valence electrons. The van der Waals surface area contributed by atoms with E-state index >= 15 is 0 Å². The maximum Gasteiger partial charge on any atom is 0.269 e. The molecule has 2 unspecified atom stereocenters. The molecule has 2 aliphatic heterocycles. The third kappa shape index (κ3) is 2.73. The van der Waals surface area contributed by atoms with Crippen LogP contribution < -0.4 is 5.73 Å². The van der Waals surface area contributed by atoms with E-state index in [-0.39, 0.29) is 33.9 Å². The van der Waals surface area contributed by atoms with E-state index in [1.165, 1.54) is 18.2 Å². The molecule has 8 heteroatoms. The minimum absolute atomic E-state index is 0.0553. The smallest absolute Gasteiger partial charge is 0.269 e. The van der Waals surface area contributed by atoms with Gasteiger partial charge in [0.15, 0.2) is 0 Å². The minimum atomic E-state index is -3.91. The van der Waals surface area contributed by atoms with Crippen molar-refractivity contribution >= 4 is 21.8 Å². The van der Waals surface area contributed by atoms with E-state index in [4.69, 9.17) is 5.73 Å². The molecule has 1 aromatic rings. The molecule has 0 bridgehead atoms. The zero-order valence-electron chi connectivity index (χ0n) is 14.6. The SMILES string of the molecule is CC1CC(CN)CN1C(=O)c1ccc2c(c1)S(=O)(=O)N(C(C)C)C2=O. The number of likely N-dealkylation sites (tertiary alicyclic amines) is 1. The second-order valence-corrected chi connectivity index (χ2v) is 8.84. The Morgan fingerprint density at radius 2 is 2.04 bits per heavy atom. The standard InChI is InChI=1S/C17H23N3O4S/c1-10(2)20-17(22)14-5-4-13(7-15(14)25(20,23)24)16(21)19-9-12(8-18)6-11(19)3/h4-5,7,10-12H,6,8-9,18H2,1-3H3. The number of hydrogen-bond donors (Lipinski definition) is 1. The normalized spacial score (nSPS) is 24.9. The summed E-state index contributed by atoms with van der Waals surface area (Å²) < 4.78 is 26.2. The van der Waals surface area contributed by atoms with E-state index in [0.29, 0.717) is 13.1 Å². The summed E-state index contributed by atoms with van der Waals surface area (Å²) in [7, 11) is -3.91. The topological polar surface area (TPSA) is 101 Å². The molecular weight excluding hydrogens is 342 g/mol. The number of nitrogens with two attached hydrogens (primary N) is 1. The predicted molar refractivity (Wildman–Crippen MR) is 92.6 cm³/mol. The molecule has 2 heterocycles. The lowest BCUT2D eigenvalue weighted by atomic mass is 10.1. The molecule has 1 aromatic carbocycles. The van der Waals surface area contributed by atoms with Crippen LogP contribution in [0.5, 0.6) is 0 Å². The van der Waals surface area contributed by atoms with Gasteiger partial charge in [-0.15, -0.1) is 0 Å². The molecule has 7 nitrogen and oxygen atoms in total. The first-order valence-electron chi connectivity index (χ1n) is 8.42. The number of fused-ring (bicyclic) bond motifs is 1. The quantitative estimate of drug-likeness (QED) is 0.863. The fourth-order valence-electron chi connectivity index (χ4n) is 3.65. The van der Waals surface area contributed by atoms with Crippen LogP contribution in [0.2, 0.25) is 0 Å². The lowest BCUT2D eigenvalue weighted by Crippen LogP contribution is -2.36. The van der Waals surface area contributed by atoms with E-state index in [9.17, 15) is 18.0 Å². The molecule has 2 amide bonds. The maximum absolute atomic E-state index is 12.8. The third-order valence-corrected chi connectivity index (χ3v) is 6.92. The molecule has 2 N–H and O–H groups in total. The molecule has 1 saturated heterocycles. The average molecular weight is 365 g/mol. The van der Waals surface area contributed by atoms with Gasteiger partial charge in [-0.25, -0.2) is 12.7 Å². The van der Waals surface area contributed by atoms with E-state index in [0.717, 1.165) is 10.7 Å². The maximum atomic E-state index is 12.8. The Kier molecular flexibility index (Phi) is 4.36. The summed E-state index contributed by atoms with van der Waals surface area (Å²) in [5.74, 6) is -0.506. The zero-order chi connectivity index (χ0) is 18.5. The van der Waals surface area contributed by atoms with Crippen LogP contribution in [0.25, 0.3) is 0 Å². The van der Waals surface area contributed by atoms with Crippen LogP contribution in [-0.4, -0.2) is 54.6 Å². The molecule has 25 heavy (non-hydrogen) atoms. The van der Waals surface area contributed by atoms with E-state index in [1.54, 1.807) is 18.7 Å². The van der Waals surface area contributed by atoms with Gasteiger partial charge in [0.25, 0.3) is 21.8 Å². The summed E-state index contributed by atoms with van der Waals surface area (Å²) in [6.45, 7) is 6.34. The Morgan fingerprint density at radius 1 is 1.36 bits per heavy atom. The first-order chi connectivity index (χ1) is 11.7. The third-order valence-electron chi connectivity index (χ3n) is 4.92. The number of sulfonamides is 1. The van der Waals surface area contributed by atoms with Crippen LogP contribution in [0, 0.1) is 5.92 Å². The van der Waals surface area contributed by atoms with Crippen molar-refractivity contribution in [3.05, 3.63) is 29.3 Å². The van der Waals surface area contributed by atoms with E-state index in [2.05, 4.69) is 0 Å². The summed E-state index contributed by atoms with van der Waals surface area (Å²) in [5, 5.41) is 0. The molecule has 0 saturated carbocycles. The van der Waals surface area contributed by atoms with Crippen molar-refractivity contribution in [1.29, 1.82) is 0 Å². The number of nitrogens with zero attached hydrogens (tertiary/aromatic N) is 2. The summed E-state index contributed by atoms with van der Waals surface area (Å²) in [6, 6.07) is 3.87. The Labute approximate surface area is 147 Å². The van der Waals surface area contributed by atoms with Crippen molar-refractivity contribution in [2.45, 2.75) is 44.2 Å². The van der Waals surface area contributed by atoms with Crippen molar-refractivity contribution in [3.63, 3.8) is 0 Å². The minimum Gasteiger partial charge on any atom is -0.336 e. The first-order valence-corrected chi connectivity index (χ1v) is 9.86.